The summed E-state index contributed by atoms with van der Waals surface area (Å²) >= 11 is 6.06. The fraction of sp³-hybridized carbons (Fsp3) is 0.211. The molecule has 0 radical (unpaired) electrons. The Kier molecular flexibility index (Phi) is 4.34. The molecule has 0 unspecified atom stereocenters. The van der Waals surface area contributed by atoms with Gasteiger partial charge in [0.15, 0.2) is 5.82 Å². The van der Waals surface area contributed by atoms with Gasteiger partial charge in [0.25, 0.3) is 5.56 Å². The van der Waals surface area contributed by atoms with Crippen molar-refractivity contribution in [2.45, 2.75) is 19.5 Å². The first-order valence-corrected chi connectivity index (χ1v) is 8.57. The van der Waals surface area contributed by atoms with E-state index in [2.05, 4.69) is 19.9 Å². The van der Waals surface area contributed by atoms with Crippen LogP contribution in [0.25, 0.3) is 11.5 Å². The highest BCUT2D eigenvalue weighted by Crippen LogP contribution is 2.20. The maximum absolute atomic E-state index is 12.5. The molecule has 0 spiro atoms. The van der Waals surface area contributed by atoms with Gasteiger partial charge in [0.1, 0.15) is 5.69 Å². The smallest absolute Gasteiger partial charge is 0.255 e. The summed E-state index contributed by atoms with van der Waals surface area (Å²) in [7, 11) is 0. The molecule has 6 heteroatoms. The number of hydrogen-bond acceptors (Lipinski definition) is 4. The largest absolute Gasteiger partial charge is 0.305 e. The third kappa shape index (κ3) is 3.48. The number of aromatic nitrogens is 3. The molecule has 25 heavy (non-hydrogen) atoms. The van der Waals surface area contributed by atoms with Crippen molar-refractivity contribution in [3.63, 3.8) is 0 Å². The summed E-state index contributed by atoms with van der Waals surface area (Å²) in [5.74, 6) is 0.535. The minimum Gasteiger partial charge on any atom is -0.305 e. The summed E-state index contributed by atoms with van der Waals surface area (Å²) in [5.41, 5.74) is 3.36. The first kappa shape index (κ1) is 16.0. The number of hydrogen-bond donors (Lipinski definition) is 1. The quantitative estimate of drug-likeness (QED) is 0.787. The standard InChI is InChI=1S/C19H17ClN4O/c20-14-5-3-4-13(10-14)11-24-9-7-16-15(12-24)19(25)23-18(22-16)17-6-1-2-8-21-17/h1-6,8,10H,7,9,11-12H2,(H,22,23,25). The van der Waals surface area contributed by atoms with Crippen molar-refractivity contribution in [3.05, 3.63) is 80.9 Å². The van der Waals surface area contributed by atoms with Crippen LogP contribution in [0.3, 0.4) is 0 Å². The fourth-order valence-electron chi connectivity index (χ4n) is 3.13. The maximum Gasteiger partial charge on any atom is 0.255 e. The van der Waals surface area contributed by atoms with E-state index in [0.717, 1.165) is 41.4 Å². The Hall–Kier alpha value is -2.50. The van der Waals surface area contributed by atoms with Gasteiger partial charge in [-0.3, -0.25) is 14.7 Å². The summed E-state index contributed by atoms with van der Waals surface area (Å²) in [5, 5.41) is 0.731. The van der Waals surface area contributed by atoms with Gasteiger partial charge >= 0.3 is 0 Å². The Balaban J connectivity index is 1.58. The number of aromatic amines is 1. The normalized spacial score (nSPS) is 14.3. The molecule has 4 rings (SSSR count). The van der Waals surface area contributed by atoms with Gasteiger partial charge in [-0.05, 0) is 29.8 Å². The van der Waals surface area contributed by atoms with E-state index in [9.17, 15) is 4.79 Å². The van der Waals surface area contributed by atoms with Crippen LogP contribution in [0.4, 0.5) is 0 Å². The number of nitrogens with zero attached hydrogens (tertiary/aromatic N) is 3. The lowest BCUT2D eigenvalue weighted by atomic mass is 10.1. The lowest BCUT2D eigenvalue weighted by molar-refractivity contribution is 0.242. The molecule has 1 aliphatic heterocycles. The highest BCUT2D eigenvalue weighted by Gasteiger charge is 2.21. The summed E-state index contributed by atoms with van der Waals surface area (Å²) in [4.78, 5) is 26.5. The van der Waals surface area contributed by atoms with Crippen LogP contribution in [0.5, 0.6) is 0 Å². The van der Waals surface area contributed by atoms with Gasteiger partial charge in [0.05, 0.1) is 11.3 Å². The Morgan fingerprint density at radius 3 is 2.92 bits per heavy atom. The zero-order chi connectivity index (χ0) is 17.2. The number of pyridine rings is 1. The van der Waals surface area contributed by atoms with Gasteiger partial charge in [-0.2, -0.15) is 0 Å². The number of rotatable bonds is 3. The van der Waals surface area contributed by atoms with Crippen molar-refractivity contribution in [2.24, 2.45) is 0 Å². The second-order valence-corrected chi connectivity index (χ2v) is 6.58. The first-order chi connectivity index (χ1) is 12.2. The van der Waals surface area contributed by atoms with E-state index in [1.54, 1.807) is 6.20 Å². The summed E-state index contributed by atoms with van der Waals surface area (Å²) in [6.07, 6.45) is 2.45. The van der Waals surface area contributed by atoms with Crippen molar-refractivity contribution in [3.8, 4) is 11.5 Å². The third-order valence-electron chi connectivity index (χ3n) is 4.35. The van der Waals surface area contributed by atoms with E-state index in [0.29, 0.717) is 18.1 Å². The average Bonchev–Trinajstić information content (AvgIpc) is 2.63. The summed E-state index contributed by atoms with van der Waals surface area (Å²) in [6.45, 7) is 2.21. The molecule has 0 atom stereocenters. The Morgan fingerprint density at radius 2 is 2.12 bits per heavy atom. The number of nitrogens with one attached hydrogen (secondary N) is 1. The number of halogens is 1. The minimum absolute atomic E-state index is 0.0820. The van der Waals surface area contributed by atoms with E-state index in [1.165, 1.54) is 0 Å². The summed E-state index contributed by atoms with van der Waals surface area (Å²) < 4.78 is 0. The molecule has 3 aromatic rings. The van der Waals surface area contributed by atoms with E-state index in [-0.39, 0.29) is 5.56 Å². The molecule has 0 saturated heterocycles. The van der Waals surface area contributed by atoms with Crippen molar-refractivity contribution in [1.82, 2.24) is 19.9 Å². The van der Waals surface area contributed by atoms with Crippen LogP contribution in [-0.4, -0.2) is 26.4 Å². The predicted molar refractivity (Wildman–Crippen MR) is 97.4 cm³/mol. The predicted octanol–water partition coefficient (Wildman–Crippen LogP) is 3.04. The second-order valence-electron chi connectivity index (χ2n) is 6.15. The van der Waals surface area contributed by atoms with E-state index >= 15 is 0 Å². The lowest BCUT2D eigenvalue weighted by Gasteiger charge is -2.27. The van der Waals surface area contributed by atoms with Gasteiger partial charge in [-0.15, -0.1) is 0 Å². The third-order valence-corrected chi connectivity index (χ3v) is 4.59. The van der Waals surface area contributed by atoms with Crippen LogP contribution >= 0.6 is 11.6 Å². The molecule has 1 N–H and O–H groups in total. The van der Waals surface area contributed by atoms with Crippen molar-refractivity contribution in [1.29, 1.82) is 0 Å². The van der Waals surface area contributed by atoms with Crippen LogP contribution in [-0.2, 0) is 19.5 Å². The highest BCUT2D eigenvalue weighted by atomic mass is 35.5. The maximum atomic E-state index is 12.5. The molecule has 1 aliphatic rings. The van der Waals surface area contributed by atoms with Crippen LogP contribution in [0, 0.1) is 0 Å². The molecular weight excluding hydrogens is 336 g/mol. The molecule has 0 aliphatic carbocycles. The van der Waals surface area contributed by atoms with Crippen molar-refractivity contribution >= 4 is 11.6 Å². The molecule has 3 heterocycles. The molecule has 0 saturated carbocycles. The Morgan fingerprint density at radius 1 is 1.20 bits per heavy atom. The number of fused-ring (bicyclic) bond motifs is 1. The lowest BCUT2D eigenvalue weighted by Crippen LogP contribution is -2.35. The zero-order valence-corrected chi connectivity index (χ0v) is 14.3. The van der Waals surface area contributed by atoms with Crippen molar-refractivity contribution < 1.29 is 0 Å². The topological polar surface area (TPSA) is 61.9 Å². The second kappa shape index (κ2) is 6.78. The SMILES string of the molecule is O=c1[nH]c(-c2ccccn2)nc2c1CN(Cc1cccc(Cl)c1)CC2. The van der Waals surface area contributed by atoms with Gasteiger partial charge in [0, 0.05) is 37.3 Å². The molecule has 126 valence electrons. The van der Waals surface area contributed by atoms with Gasteiger partial charge in [0.2, 0.25) is 0 Å². The fourth-order valence-corrected chi connectivity index (χ4v) is 3.35. The molecule has 0 fully saturated rings. The Bertz CT molecular complexity index is 955. The van der Waals surface area contributed by atoms with Crippen LogP contribution in [0.1, 0.15) is 16.8 Å². The average molecular weight is 353 g/mol. The van der Waals surface area contributed by atoms with Crippen LogP contribution in [0.15, 0.2) is 53.5 Å². The molecule has 5 nitrogen and oxygen atoms in total. The zero-order valence-electron chi connectivity index (χ0n) is 13.6. The van der Waals surface area contributed by atoms with Crippen LogP contribution < -0.4 is 5.56 Å². The minimum atomic E-state index is -0.0820. The highest BCUT2D eigenvalue weighted by molar-refractivity contribution is 6.30. The molecule has 2 aromatic heterocycles. The van der Waals surface area contributed by atoms with E-state index in [1.807, 2.05) is 42.5 Å². The van der Waals surface area contributed by atoms with E-state index < -0.39 is 0 Å². The molecule has 0 bridgehead atoms. The van der Waals surface area contributed by atoms with Gasteiger partial charge < -0.3 is 4.98 Å². The molecular formula is C19H17ClN4O. The van der Waals surface area contributed by atoms with Crippen molar-refractivity contribution in [2.75, 3.05) is 6.54 Å². The Labute approximate surface area is 150 Å². The number of H-pyrrole nitrogens is 1. The molecule has 1 aromatic carbocycles. The number of benzene rings is 1. The molecule has 0 amide bonds. The summed E-state index contributed by atoms with van der Waals surface area (Å²) in [6, 6.07) is 13.4. The van der Waals surface area contributed by atoms with Crippen LogP contribution in [0.2, 0.25) is 5.02 Å². The van der Waals surface area contributed by atoms with Gasteiger partial charge in [-0.25, -0.2) is 4.98 Å². The first-order valence-electron chi connectivity index (χ1n) is 8.19. The van der Waals surface area contributed by atoms with E-state index in [4.69, 9.17) is 11.6 Å². The van der Waals surface area contributed by atoms with Gasteiger partial charge in [-0.1, -0.05) is 29.8 Å². The monoisotopic (exact) mass is 352 g/mol.